The molecule has 1 fully saturated rings. The number of aliphatic hydroxyl groups excluding tert-OH is 1. The first-order valence-electron chi connectivity index (χ1n) is 6.70. The zero-order valence-corrected chi connectivity index (χ0v) is 11.9. The normalized spacial score (nSPS) is 23.2. The molecule has 0 saturated heterocycles. The van der Waals surface area contributed by atoms with Crippen molar-refractivity contribution in [1.82, 2.24) is 4.72 Å². The molecule has 5 nitrogen and oxygen atoms in total. The Hall–Kier alpha value is -1.42. The highest BCUT2D eigenvalue weighted by Crippen LogP contribution is 2.25. The van der Waals surface area contributed by atoms with Crippen LogP contribution in [0.4, 0.5) is 0 Å². The van der Waals surface area contributed by atoms with Crippen LogP contribution in [-0.2, 0) is 10.0 Å². The number of hydrogen-bond acceptors (Lipinski definition) is 4. The quantitative estimate of drug-likeness (QED) is 0.878. The molecule has 2 N–H and O–H groups in total. The molecule has 0 heterocycles. The fraction of sp³-hybridized carbons (Fsp3) is 0.500. The van der Waals surface area contributed by atoms with Gasteiger partial charge in [0.2, 0.25) is 10.0 Å². The highest BCUT2D eigenvalue weighted by Gasteiger charge is 2.28. The van der Waals surface area contributed by atoms with E-state index in [1.807, 2.05) is 6.07 Å². The van der Waals surface area contributed by atoms with Gasteiger partial charge in [-0.25, -0.2) is 13.1 Å². The van der Waals surface area contributed by atoms with Crippen molar-refractivity contribution >= 4 is 10.0 Å². The highest BCUT2D eigenvalue weighted by molar-refractivity contribution is 7.89. The lowest BCUT2D eigenvalue weighted by molar-refractivity contribution is 0.164. The molecule has 1 aliphatic rings. The van der Waals surface area contributed by atoms with Gasteiger partial charge in [0.25, 0.3) is 0 Å². The van der Waals surface area contributed by atoms with Crippen LogP contribution in [0.5, 0.6) is 0 Å². The SMILES string of the molecule is N#Cc1ccc(S(=O)(=O)NC2CCCCC2CO)cc1. The Balaban J connectivity index is 2.15. The maximum atomic E-state index is 12.3. The first kappa shape index (κ1) is 15.0. The number of sulfonamides is 1. The molecule has 6 heteroatoms. The van der Waals surface area contributed by atoms with Crippen LogP contribution >= 0.6 is 0 Å². The minimum Gasteiger partial charge on any atom is -0.396 e. The van der Waals surface area contributed by atoms with Gasteiger partial charge in [-0.1, -0.05) is 12.8 Å². The molecule has 2 unspecified atom stereocenters. The molecule has 1 aliphatic carbocycles. The van der Waals surface area contributed by atoms with E-state index in [0.717, 1.165) is 25.7 Å². The number of nitrogens with zero attached hydrogens (tertiary/aromatic N) is 1. The summed E-state index contributed by atoms with van der Waals surface area (Å²) in [6.07, 6.45) is 3.59. The zero-order chi connectivity index (χ0) is 14.6. The van der Waals surface area contributed by atoms with Gasteiger partial charge in [-0.2, -0.15) is 5.26 Å². The van der Waals surface area contributed by atoms with Gasteiger partial charge in [0.1, 0.15) is 0 Å². The predicted molar refractivity (Wildman–Crippen MR) is 74.3 cm³/mol. The summed E-state index contributed by atoms with van der Waals surface area (Å²) in [6.45, 7) is 0.000552. The van der Waals surface area contributed by atoms with E-state index in [9.17, 15) is 13.5 Å². The molecular formula is C14H18N2O3S. The average Bonchev–Trinajstić information content (AvgIpc) is 2.47. The third-order valence-corrected chi connectivity index (χ3v) is 5.25. The van der Waals surface area contributed by atoms with E-state index in [-0.39, 0.29) is 23.5 Å². The minimum absolute atomic E-state index is 0.000552. The van der Waals surface area contributed by atoms with Gasteiger partial charge in [-0.15, -0.1) is 0 Å². The van der Waals surface area contributed by atoms with Crippen molar-refractivity contribution in [3.63, 3.8) is 0 Å². The second-order valence-corrected chi connectivity index (χ2v) is 6.81. The molecule has 2 atom stereocenters. The molecule has 0 amide bonds. The summed E-state index contributed by atoms with van der Waals surface area (Å²) in [5, 5.41) is 18.0. The van der Waals surface area contributed by atoms with E-state index < -0.39 is 10.0 Å². The van der Waals surface area contributed by atoms with Gasteiger partial charge < -0.3 is 5.11 Å². The van der Waals surface area contributed by atoms with Crippen molar-refractivity contribution < 1.29 is 13.5 Å². The number of nitriles is 1. The van der Waals surface area contributed by atoms with Crippen LogP contribution in [0.25, 0.3) is 0 Å². The summed E-state index contributed by atoms with van der Waals surface area (Å²) < 4.78 is 27.3. The number of hydrogen-bond donors (Lipinski definition) is 2. The molecule has 0 spiro atoms. The lowest BCUT2D eigenvalue weighted by Crippen LogP contribution is -2.43. The lowest BCUT2D eigenvalue weighted by Gasteiger charge is -2.30. The van der Waals surface area contributed by atoms with Gasteiger partial charge >= 0.3 is 0 Å². The maximum Gasteiger partial charge on any atom is 0.240 e. The van der Waals surface area contributed by atoms with E-state index >= 15 is 0 Å². The Morgan fingerprint density at radius 1 is 1.25 bits per heavy atom. The van der Waals surface area contributed by atoms with Crippen molar-refractivity contribution in [2.75, 3.05) is 6.61 Å². The molecule has 1 aromatic rings. The van der Waals surface area contributed by atoms with Crippen LogP contribution in [0.1, 0.15) is 31.2 Å². The van der Waals surface area contributed by atoms with Crippen molar-refractivity contribution in [2.45, 2.75) is 36.6 Å². The molecular weight excluding hydrogens is 276 g/mol. The van der Waals surface area contributed by atoms with Crippen molar-refractivity contribution in [3.05, 3.63) is 29.8 Å². The molecule has 0 radical (unpaired) electrons. The van der Waals surface area contributed by atoms with Crippen LogP contribution < -0.4 is 4.72 Å². The van der Waals surface area contributed by atoms with Gasteiger partial charge in [-0.3, -0.25) is 0 Å². The van der Waals surface area contributed by atoms with Crippen molar-refractivity contribution in [1.29, 1.82) is 5.26 Å². The predicted octanol–water partition coefficient (Wildman–Crippen LogP) is 1.39. The van der Waals surface area contributed by atoms with E-state index in [0.29, 0.717) is 5.56 Å². The average molecular weight is 294 g/mol. The van der Waals surface area contributed by atoms with Gasteiger partial charge in [0, 0.05) is 12.6 Å². The number of benzene rings is 1. The van der Waals surface area contributed by atoms with Crippen LogP contribution in [0.15, 0.2) is 29.2 Å². The van der Waals surface area contributed by atoms with Gasteiger partial charge in [-0.05, 0) is 43.0 Å². The van der Waals surface area contributed by atoms with Gasteiger partial charge in [0.15, 0.2) is 0 Å². The van der Waals surface area contributed by atoms with Crippen molar-refractivity contribution in [3.8, 4) is 6.07 Å². The smallest absolute Gasteiger partial charge is 0.240 e. The Bertz CT molecular complexity index is 590. The summed E-state index contributed by atoms with van der Waals surface area (Å²) >= 11 is 0. The van der Waals surface area contributed by atoms with Crippen LogP contribution in [-0.4, -0.2) is 26.2 Å². The third-order valence-electron chi connectivity index (χ3n) is 3.74. The molecule has 0 aliphatic heterocycles. The van der Waals surface area contributed by atoms with Crippen LogP contribution in [0.3, 0.4) is 0 Å². The molecule has 20 heavy (non-hydrogen) atoms. The largest absolute Gasteiger partial charge is 0.396 e. The standard InChI is InChI=1S/C14H18N2O3S/c15-9-11-5-7-13(8-6-11)20(18,19)16-14-4-2-1-3-12(14)10-17/h5-8,12,14,16-17H,1-4,10H2. The Labute approximate surface area is 119 Å². The molecule has 2 rings (SSSR count). The highest BCUT2D eigenvalue weighted by atomic mass is 32.2. The monoisotopic (exact) mass is 294 g/mol. The van der Waals surface area contributed by atoms with E-state index in [2.05, 4.69) is 4.72 Å². The number of rotatable bonds is 4. The van der Waals surface area contributed by atoms with E-state index in [1.54, 1.807) is 0 Å². The molecule has 0 bridgehead atoms. The number of aliphatic hydroxyl groups is 1. The molecule has 0 aromatic heterocycles. The summed E-state index contributed by atoms with van der Waals surface area (Å²) in [7, 11) is -3.60. The first-order valence-corrected chi connectivity index (χ1v) is 8.18. The second-order valence-electron chi connectivity index (χ2n) is 5.09. The fourth-order valence-electron chi connectivity index (χ4n) is 2.56. The summed E-state index contributed by atoms with van der Waals surface area (Å²) in [4.78, 5) is 0.152. The lowest BCUT2D eigenvalue weighted by atomic mass is 9.86. The molecule has 108 valence electrons. The molecule has 1 aromatic carbocycles. The topological polar surface area (TPSA) is 90.2 Å². The maximum absolute atomic E-state index is 12.3. The van der Waals surface area contributed by atoms with Crippen LogP contribution in [0.2, 0.25) is 0 Å². The first-order chi connectivity index (χ1) is 9.56. The Morgan fingerprint density at radius 3 is 2.50 bits per heavy atom. The Morgan fingerprint density at radius 2 is 1.90 bits per heavy atom. The second kappa shape index (κ2) is 6.35. The van der Waals surface area contributed by atoms with Crippen molar-refractivity contribution in [2.24, 2.45) is 5.92 Å². The minimum atomic E-state index is -3.60. The summed E-state index contributed by atoms with van der Waals surface area (Å²) in [5.41, 5.74) is 0.426. The fourth-order valence-corrected chi connectivity index (χ4v) is 3.90. The van der Waals surface area contributed by atoms with Crippen LogP contribution in [0, 0.1) is 17.2 Å². The van der Waals surface area contributed by atoms with Gasteiger partial charge in [0.05, 0.1) is 16.5 Å². The summed E-state index contributed by atoms with van der Waals surface area (Å²) in [5.74, 6) is -0.0168. The number of nitrogens with one attached hydrogen (secondary N) is 1. The zero-order valence-electron chi connectivity index (χ0n) is 11.1. The molecule has 1 saturated carbocycles. The van der Waals surface area contributed by atoms with E-state index in [4.69, 9.17) is 5.26 Å². The van der Waals surface area contributed by atoms with E-state index in [1.165, 1.54) is 24.3 Å². The third kappa shape index (κ3) is 3.37. The summed E-state index contributed by atoms with van der Waals surface area (Å²) in [6, 6.07) is 7.57. The Kier molecular flexibility index (Phi) is 4.76.